The molecule has 0 aliphatic carbocycles. The molecule has 0 amide bonds. The molecule has 0 saturated heterocycles. The molecule has 0 spiro atoms. The molecule has 0 heterocycles. The van der Waals surface area contributed by atoms with E-state index in [2.05, 4.69) is 5.32 Å². The van der Waals surface area contributed by atoms with Crippen LogP contribution in [0.15, 0.2) is 113 Å². The van der Waals surface area contributed by atoms with Gasteiger partial charge in [0.2, 0.25) is 0 Å². The zero-order chi connectivity index (χ0) is 35.3. The normalized spacial score (nSPS) is 13.0. The van der Waals surface area contributed by atoms with Crippen molar-refractivity contribution in [2.45, 2.75) is 61.3 Å². The van der Waals surface area contributed by atoms with E-state index < -0.39 is 45.0 Å². The summed E-state index contributed by atoms with van der Waals surface area (Å²) in [7, 11) is -8.04. The molecular weight excluding hydrogens is 657 g/mol. The summed E-state index contributed by atoms with van der Waals surface area (Å²) < 4.78 is 96.4. The Kier molecular flexibility index (Phi) is 15.2. The van der Waals surface area contributed by atoms with Gasteiger partial charge in [-0.1, -0.05) is 90.0 Å². The number of hydrogen-bond donors (Lipinski definition) is 5. The lowest BCUT2D eigenvalue weighted by atomic mass is 10.0. The quantitative estimate of drug-likeness (QED) is 0.138. The molecule has 0 bridgehead atoms. The topological polar surface area (TPSA) is 167 Å². The van der Waals surface area contributed by atoms with Crippen LogP contribution in [-0.4, -0.2) is 55.9 Å². The number of alkyl halides is 3. The van der Waals surface area contributed by atoms with Gasteiger partial charge in [0, 0.05) is 19.1 Å². The van der Waals surface area contributed by atoms with E-state index in [0.717, 1.165) is 22.3 Å². The van der Waals surface area contributed by atoms with Gasteiger partial charge in [0.1, 0.15) is 0 Å². The van der Waals surface area contributed by atoms with Crippen LogP contribution in [0, 0.1) is 13.8 Å². The summed E-state index contributed by atoms with van der Waals surface area (Å²) in [4.78, 5) is -0.133. The minimum absolute atomic E-state index is 0.0666. The van der Waals surface area contributed by atoms with Crippen molar-refractivity contribution in [2.75, 3.05) is 6.54 Å². The van der Waals surface area contributed by atoms with Gasteiger partial charge in [0.15, 0.2) is 0 Å². The van der Waals surface area contributed by atoms with Gasteiger partial charge in [-0.3, -0.25) is 9.11 Å². The molecular formula is C33H39F3N2O7S2. The third-order valence-electron chi connectivity index (χ3n) is 6.52. The molecule has 4 aromatic rings. The van der Waals surface area contributed by atoms with Crippen LogP contribution in [0.5, 0.6) is 0 Å². The first kappa shape index (κ1) is 39.5. The minimum Gasteiger partial charge on any atom is -0.390 e. The van der Waals surface area contributed by atoms with Gasteiger partial charge in [-0.2, -0.15) is 30.0 Å². The summed E-state index contributed by atoms with van der Waals surface area (Å²) in [6.45, 7) is 4.33. The SMILES string of the molecule is Cc1ccc(S(=O)(=O)O)cc1.Cc1ccc(S(=O)(=O)O)cc1.N[C@@H](Cc1ccccc1)[C@H](O)CNCc1cccc(CC(F)(F)F)c1. The molecule has 4 aromatic carbocycles. The fourth-order valence-corrected chi connectivity index (χ4v) is 5.00. The lowest BCUT2D eigenvalue weighted by Gasteiger charge is -2.19. The van der Waals surface area contributed by atoms with E-state index in [1.54, 1.807) is 36.4 Å². The number of aliphatic hydroxyl groups excluding tert-OH is 1. The molecule has 14 heteroatoms. The maximum Gasteiger partial charge on any atom is 0.393 e. The summed E-state index contributed by atoms with van der Waals surface area (Å²) >= 11 is 0. The van der Waals surface area contributed by atoms with Gasteiger partial charge >= 0.3 is 6.18 Å². The lowest BCUT2D eigenvalue weighted by Crippen LogP contribution is -2.43. The molecule has 0 saturated carbocycles. The van der Waals surface area contributed by atoms with Crippen LogP contribution in [0.4, 0.5) is 13.2 Å². The Morgan fingerprint density at radius 2 is 1.15 bits per heavy atom. The van der Waals surface area contributed by atoms with Crippen molar-refractivity contribution in [2.24, 2.45) is 5.73 Å². The summed E-state index contributed by atoms with van der Waals surface area (Å²) in [5, 5.41) is 13.2. The molecule has 256 valence electrons. The van der Waals surface area contributed by atoms with E-state index in [1.165, 1.54) is 36.4 Å². The highest BCUT2D eigenvalue weighted by atomic mass is 32.2. The minimum atomic E-state index is -4.22. The Morgan fingerprint density at radius 3 is 1.60 bits per heavy atom. The first-order chi connectivity index (χ1) is 21.8. The number of halogens is 3. The smallest absolute Gasteiger partial charge is 0.390 e. The molecule has 2 atom stereocenters. The third-order valence-corrected chi connectivity index (χ3v) is 8.26. The number of nitrogens with one attached hydrogen (secondary N) is 1. The van der Waals surface area contributed by atoms with Crippen LogP contribution in [0.1, 0.15) is 27.8 Å². The molecule has 0 aromatic heterocycles. The van der Waals surface area contributed by atoms with Crippen molar-refractivity contribution in [3.63, 3.8) is 0 Å². The average Bonchev–Trinajstić information content (AvgIpc) is 2.97. The number of nitrogens with two attached hydrogens (primary N) is 1. The van der Waals surface area contributed by atoms with E-state index in [1.807, 2.05) is 44.2 Å². The lowest BCUT2D eigenvalue weighted by molar-refractivity contribution is -0.127. The maximum absolute atomic E-state index is 12.4. The van der Waals surface area contributed by atoms with E-state index in [4.69, 9.17) is 14.8 Å². The van der Waals surface area contributed by atoms with E-state index in [0.29, 0.717) is 13.0 Å². The van der Waals surface area contributed by atoms with Crippen LogP contribution < -0.4 is 11.1 Å². The molecule has 6 N–H and O–H groups in total. The third kappa shape index (κ3) is 16.2. The van der Waals surface area contributed by atoms with Gasteiger partial charge in [-0.15, -0.1) is 0 Å². The summed E-state index contributed by atoms with van der Waals surface area (Å²) in [5.74, 6) is 0. The Balaban J connectivity index is 0.000000287. The van der Waals surface area contributed by atoms with Crippen LogP contribution >= 0.6 is 0 Å². The number of benzene rings is 4. The molecule has 4 rings (SSSR count). The zero-order valence-electron chi connectivity index (χ0n) is 25.8. The predicted molar refractivity (Wildman–Crippen MR) is 174 cm³/mol. The molecule has 47 heavy (non-hydrogen) atoms. The second-order valence-electron chi connectivity index (χ2n) is 10.7. The fourth-order valence-electron chi connectivity index (χ4n) is 4.04. The molecule has 0 unspecified atom stereocenters. The van der Waals surface area contributed by atoms with Crippen molar-refractivity contribution in [3.8, 4) is 0 Å². The first-order valence-electron chi connectivity index (χ1n) is 14.2. The zero-order valence-corrected chi connectivity index (χ0v) is 27.4. The van der Waals surface area contributed by atoms with Gasteiger partial charge in [-0.25, -0.2) is 0 Å². The highest BCUT2D eigenvalue weighted by molar-refractivity contribution is 7.86. The fraction of sp³-hybridized carbons (Fsp3) is 0.273. The van der Waals surface area contributed by atoms with Crippen LogP contribution in [0.2, 0.25) is 0 Å². The molecule has 0 fully saturated rings. The molecule has 0 aliphatic heterocycles. The van der Waals surface area contributed by atoms with Gasteiger partial charge in [0.25, 0.3) is 20.2 Å². The summed E-state index contributed by atoms with van der Waals surface area (Å²) in [5.41, 5.74) is 9.94. The Hall–Kier alpha value is -3.63. The summed E-state index contributed by atoms with van der Waals surface area (Å²) in [6.07, 6.45) is -5.33. The van der Waals surface area contributed by atoms with Gasteiger partial charge in [-0.05, 0) is 61.2 Å². The van der Waals surface area contributed by atoms with Crippen LogP contribution in [0.25, 0.3) is 0 Å². The van der Waals surface area contributed by atoms with Crippen molar-refractivity contribution in [1.29, 1.82) is 0 Å². The van der Waals surface area contributed by atoms with Gasteiger partial charge < -0.3 is 16.2 Å². The van der Waals surface area contributed by atoms with Gasteiger partial charge in [0.05, 0.1) is 22.3 Å². The molecule has 0 aliphatic rings. The Labute approximate surface area is 273 Å². The number of hydrogen-bond acceptors (Lipinski definition) is 7. The monoisotopic (exact) mass is 696 g/mol. The standard InChI is InChI=1S/C19H23F3N2O.2C7H8O3S/c20-19(21,22)11-15-7-4-8-16(9-15)12-24-13-18(25)17(23)10-14-5-2-1-3-6-14;2*1-6-2-4-7(5-3-6)11(8,9)10/h1-9,17-18,24-25H,10-13,23H2;2*2-5H,1H3,(H,8,9,10)/t17-,18+;;/m0../s1. The van der Waals surface area contributed by atoms with Crippen molar-refractivity contribution >= 4 is 20.2 Å². The van der Waals surface area contributed by atoms with E-state index in [-0.39, 0.29) is 21.9 Å². The highest BCUT2D eigenvalue weighted by Crippen LogP contribution is 2.21. The van der Waals surface area contributed by atoms with Crippen molar-refractivity contribution in [1.82, 2.24) is 5.32 Å². The Bertz CT molecular complexity index is 1660. The second kappa shape index (κ2) is 18.1. The second-order valence-corrected chi connectivity index (χ2v) is 13.6. The molecule has 9 nitrogen and oxygen atoms in total. The number of rotatable bonds is 10. The number of aliphatic hydroxyl groups is 1. The average molecular weight is 697 g/mol. The van der Waals surface area contributed by atoms with E-state index in [9.17, 15) is 35.1 Å². The largest absolute Gasteiger partial charge is 0.393 e. The first-order valence-corrected chi connectivity index (χ1v) is 17.1. The van der Waals surface area contributed by atoms with Crippen LogP contribution in [0.3, 0.4) is 0 Å². The number of aryl methyl sites for hydroxylation is 2. The maximum atomic E-state index is 12.4. The molecule has 0 radical (unpaired) electrons. The van der Waals surface area contributed by atoms with Crippen LogP contribution in [-0.2, 0) is 39.6 Å². The van der Waals surface area contributed by atoms with Crippen molar-refractivity contribution < 1.29 is 44.2 Å². The van der Waals surface area contributed by atoms with Crippen molar-refractivity contribution in [3.05, 3.63) is 131 Å². The highest BCUT2D eigenvalue weighted by Gasteiger charge is 2.27. The van der Waals surface area contributed by atoms with E-state index >= 15 is 0 Å². The summed E-state index contributed by atoms with van der Waals surface area (Å²) in [6, 6.07) is 27.6. The predicted octanol–water partition coefficient (Wildman–Crippen LogP) is 5.30. The Morgan fingerprint density at radius 1 is 0.702 bits per heavy atom.